The molecule has 0 atom stereocenters. The van der Waals surface area contributed by atoms with Crippen LogP contribution in [0.3, 0.4) is 0 Å². The number of aryl methyl sites for hydroxylation is 1. The number of nitrogens with zero attached hydrogens (tertiary/aromatic N) is 2. The van der Waals surface area contributed by atoms with Crippen LogP contribution in [0.25, 0.3) is 5.69 Å². The highest BCUT2D eigenvalue weighted by atomic mass is 16.5. The largest absolute Gasteiger partial charge is 0.497 e. The summed E-state index contributed by atoms with van der Waals surface area (Å²) < 4.78 is 12.8. The van der Waals surface area contributed by atoms with Gasteiger partial charge in [-0.2, -0.15) is 5.10 Å². The quantitative estimate of drug-likeness (QED) is 0.725. The van der Waals surface area contributed by atoms with Gasteiger partial charge in [0.25, 0.3) is 0 Å². The molecular weight excluding hydrogens is 264 g/mol. The van der Waals surface area contributed by atoms with Crippen LogP contribution in [0.1, 0.15) is 5.56 Å². The van der Waals surface area contributed by atoms with Crippen LogP contribution in [-0.2, 0) is 0 Å². The van der Waals surface area contributed by atoms with Crippen LogP contribution in [0, 0.1) is 6.92 Å². The number of hydrogen-bond acceptors (Lipinski definition) is 3. The summed E-state index contributed by atoms with van der Waals surface area (Å²) in [4.78, 5) is 0. The van der Waals surface area contributed by atoms with Crippen molar-refractivity contribution in [1.29, 1.82) is 0 Å². The molecule has 3 rings (SSSR count). The van der Waals surface area contributed by atoms with E-state index in [1.54, 1.807) is 13.3 Å². The standard InChI is InChI=1S/C17H16N2O2/c1-13-6-3-4-9-17(13)19-12-16(11-18-19)21-15-8-5-7-14(10-15)20-2/h3-12H,1-2H3. The molecule has 0 N–H and O–H groups in total. The van der Waals surface area contributed by atoms with Gasteiger partial charge in [-0.1, -0.05) is 24.3 Å². The average Bonchev–Trinajstić information content (AvgIpc) is 2.96. The van der Waals surface area contributed by atoms with E-state index in [0.29, 0.717) is 5.75 Å². The average molecular weight is 280 g/mol. The first-order valence-electron chi connectivity index (χ1n) is 6.69. The summed E-state index contributed by atoms with van der Waals surface area (Å²) in [5.41, 5.74) is 2.20. The summed E-state index contributed by atoms with van der Waals surface area (Å²) >= 11 is 0. The zero-order valence-corrected chi connectivity index (χ0v) is 12.0. The van der Waals surface area contributed by atoms with Crippen molar-refractivity contribution in [2.45, 2.75) is 6.92 Å². The molecule has 0 aliphatic rings. The molecule has 1 aromatic heterocycles. The molecule has 4 heteroatoms. The number of para-hydroxylation sites is 1. The van der Waals surface area contributed by atoms with Gasteiger partial charge in [0.1, 0.15) is 11.5 Å². The molecule has 0 radical (unpaired) electrons. The number of ether oxygens (including phenoxy) is 2. The Morgan fingerprint density at radius 1 is 0.952 bits per heavy atom. The Bertz CT molecular complexity index is 750. The molecule has 4 nitrogen and oxygen atoms in total. The van der Waals surface area contributed by atoms with E-state index in [9.17, 15) is 0 Å². The fourth-order valence-corrected chi connectivity index (χ4v) is 2.11. The van der Waals surface area contributed by atoms with Crippen molar-refractivity contribution in [1.82, 2.24) is 9.78 Å². The molecule has 0 aliphatic carbocycles. The molecule has 0 aliphatic heterocycles. The van der Waals surface area contributed by atoms with Gasteiger partial charge in [-0.05, 0) is 30.7 Å². The highest BCUT2D eigenvalue weighted by molar-refractivity contribution is 5.41. The molecule has 0 saturated heterocycles. The van der Waals surface area contributed by atoms with Crippen molar-refractivity contribution in [2.75, 3.05) is 7.11 Å². The first kappa shape index (κ1) is 13.2. The maximum absolute atomic E-state index is 5.80. The van der Waals surface area contributed by atoms with E-state index in [2.05, 4.69) is 18.1 Å². The van der Waals surface area contributed by atoms with Crippen LogP contribution >= 0.6 is 0 Å². The summed E-state index contributed by atoms with van der Waals surface area (Å²) in [5.74, 6) is 2.17. The first-order valence-corrected chi connectivity index (χ1v) is 6.69. The topological polar surface area (TPSA) is 36.3 Å². The van der Waals surface area contributed by atoms with Crippen molar-refractivity contribution in [3.8, 4) is 22.9 Å². The van der Waals surface area contributed by atoms with Gasteiger partial charge in [0.05, 0.1) is 25.2 Å². The third kappa shape index (κ3) is 2.89. The maximum atomic E-state index is 5.80. The van der Waals surface area contributed by atoms with E-state index in [4.69, 9.17) is 9.47 Å². The Labute approximate surface area is 123 Å². The number of benzene rings is 2. The molecule has 0 amide bonds. The first-order chi connectivity index (χ1) is 10.3. The van der Waals surface area contributed by atoms with Gasteiger partial charge in [-0.3, -0.25) is 0 Å². The summed E-state index contributed by atoms with van der Waals surface area (Å²) in [6.07, 6.45) is 3.56. The molecule has 0 bridgehead atoms. The van der Waals surface area contributed by atoms with Crippen molar-refractivity contribution in [3.05, 3.63) is 66.5 Å². The van der Waals surface area contributed by atoms with Crippen LogP contribution in [0.5, 0.6) is 17.2 Å². The van der Waals surface area contributed by atoms with Gasteiger partial charge in [0, 0.05) is 6.07 Å². The molecule has 1 heterocycles. The molecule has 0 spiro atoms. The van der Waals surface area contributed by atoms with E-state index in [1.807, 2.05) is 53.3 Å². The number of rotatable bonds is 4. The molecule has 0 unspecified atom stereocenters. The lowest BCUT2D eigenvalue weighted by Gasteiger charge is -2.05. The van der Waals surface area contributed by atoms with Crippen LogP contribution in [0.4, 0.5) is 0 Å². The summed E-state index contributed by atoms with van der Waals surface area (Å²) in [7, 11) is 1.63. The van der Waals surface area contributed by atoms with Gasteiger partial charge in [-0.15, -0.1) is 0 Å². The summed E-state index contributed by atoms with van der Waals surface area (Å²) in [6, 6.07) is 15.6. The monoisotopic (exact) mass is 280 g/mol. The van der Waals surface area contributed by atoms with E-state index < -0.39 is 0 Å². The minimum absolute atomic E-state index is 0.687. The second kappa shape index (κ2) is 5.71. The Kier molecular flexibility index (Phi) is 3.60. The number of hydrogen-bond donors (Lipinski definition) is 0. The van der Waals surface area contributed by atoms with Crippen LogP contribution in [0.2, 0.25) is 0 Å². The fourth-order valence-electron chi connectivity index (χ4n) is 2.11. The maximum Gasteiger partial charge on any atom is 0.165 e. The Balaban J connectivity index is 1.84. The highest BCUT2D eigenvalue weighted by Gasteiger charge is 2.05. The molecular formula is C17H16N2O2. The molecule has 0 fully saturated rings. The van der Waals surface area contributed by atoms with E-state index in [0.717, 1.165) is 22.7 Å². The normalized spacial score (nSPS) is 10.4. The molecule has 3 aromatic rings. The van der Waals surface area contributed by atoms with Crippen LogP contribution in [0.15, 0.2) is 60.9 Å². The summed E-state index contributed by atoms with van der Waals surface area (Å²) in [6.45, 7) is 2.06. The van der Waals surface area contributed by atoms with Crippen molar-refractivity contribution in [2.24, 2.45) is 0 Å². The van der Waals surface area contributed by atoms with Crippen molar-refractivity contribution >= 4 is 0 Å². The second-order valence-corrected chi connectivity index (χ2v) is 4.69. The zero-order chi connectivity index (χ0) is 14.7. The van der Waals surface area contributed by atoms with Gasteiger partial charge in [0.15, 0.2) is 5.75 Å². The summed E-state index contributed by atoms with van der Waals surface area (Å²) in [5, 5.41) is 4.35. The van der Waals surface area contributed by atoms with Crippen molar-refractivity contribution in [3.63, 3.8) is 0 Å². The Morgan fingerprint density at radius 2 is 1.76 bits per heavy atom. The smallest absolute Gasteiger partial charge is 0.165 e. The number of methoxy groups -OCH3 is 1. The van der Waals surface area contributed by atoms with Crippen LogP contribution in [-0.4, -0.2) is 16.9 Å². The molecule has 21 heavy (non-hydrogen) atoms. The Morgan fingerprint density at radius 3 is 2.57 bits per heavy atom. The van der Waals surface area contributed by atoms with E-state index in [-0.39, 0.29) is 0 Å². The lowest BCUT2D eigenvalue weighted by molar-refractivity contribution is 0.409. The predicted molar refractivity (Wildman–Crippen MR) is 81.4 cm³/mol. The lowest BCUT2D eigenvalue weighted by Crippen LogP contribution is -1.96. The van der Waals surface area contributed by atoms with Crippen LogP contribution < -0.4 is 9.47 Å². The van der Waals surface area contributed by atoms with Gasteiger partial charge < -0.3 is 9.47 Å². The minimum atomic E-state index is 0.687. The number of aromatic nitrogens is 2. The minimum Gasteiger partial charge on any atom is -0.497 e. The third-order valence-corrected chi connectivity index (χ3v) is 3.20. The lowest BCUT2D eigenvalue weighted by atomic mass is 10.2. The zero-order valence-electron chi connectivity index (χ0n) is 12.0. The Hall–Kier alpha value is -2.75. The molecule has 2 aromatic carbocycles. The van der Waals surface area contributed by atoms with Crippen molar-refractivity contribution < 1.29 is 9.47 Å². The van der Waals surface area contributed by atoms with Gasteiger partial charge in [0.2, 0.25) is 0 Å². The van der Waals surface area contributed by atoms with E-state index >= 15 is 0 Å². The third-order valence-electron chi connectivity index (χ3n) is 3.20. The highest BCUT2D eigenvalue weighted by Crippen LogP contribution is 2.25. The molecule has 0 saturated carbocycles. The SMILES string of the molecule is COc1cccc(Oc2cnn(-c3ccccc3C)c2)c1. The van der Waals surface area contributed by atoms with Gasteiger partial charge in [-0.25, -0.2) is 4.68 Å². The molecule has 106 valence electrons. The van der Waals surface area contributed by atoms with Gasteiger partial charge >= 0.3 is 0 Å². The predicted octanol–water partition coefficient (Wildman–Crippen LogP) is 3.98. The fraction of sp³-hybridized carbons (Fsp3) is 0.118. The van der Waals surface area contributed by atoms with E-state index in [1.165, 1.54) is 0 Å². The second-order valence-electron chi connectivity index (χ2n) is 4.69.